The average Bonchev–Trinajstić information content (AvgIpc) is 2.36. The minimum Gasteiger partial charge on any atom is -0.319 e. The summed E-state index contributed by atoms with van der Waals surface area (Å²) in [5, 5.41) is 2.17. The van der Waals surface area contributed by atoms with E-state index in [0.29, 0.717) is 17.0 Å². The number of hydrogen-bond acceptors (Lipinski definition) is 2. The van der Waals surface area contributed by atoms with Crippen molar-refractivity contribution in [3.8, 4) is 0 Å². The fraction of sp³-hybridized carbons (Fsp3) is 0. The fourth-order valence-corrected chi connectivity index (χ4v) is 1.57. The number of rotatable bonds is 2. The van der Waals surface area contributed by atoms with Crippen LogP contribution in [0.1, 0.15) is 10.4 Å². The van der Waals surface area contributed by atoms with E-state index in [0.717, 1.165) is 0 Å². The maximum absolute atomic E-state index is 13.3. The zero-order valence-corrected chi connectivity index (χ0v) is 10.3. The van der Waals surface area contributed by atoms with Gasteiger partial charge in [-0.05, 0) is 24.3 Å². The molecule has 1 amide bonds. The molecule has 0 aromatic heterocycles. The van der Waals surface area contributed by atoms with Gasteiger partial charge in [0, 0.05) is 22.6 Å². The smallest absolute Gasteiger partial charge is 0.255 e. The lowest BCUT2D eigenvalue weighted by Gasteiger charge is -2.07. The molecular formula is C13H8F3NOS. The number of hydrogen-bond donors (Lipinski definition) is 2. The lowest BCUT2D eigenvalue weighted by Crippen LogP contribution is -2.13. The van der Waals surface area contributed by atoms with Gasteiger partial charge in [0.2, 0.25) is 0 Å². The first-order chi connectivity index (χ1) is 8.97. The molecule has 19 heavy (non-hydrogen) atoms. The van der Waals surface area contributed by atoms with Crippen LogP contribution in [-0.2, 0) is 0 Å². The summed E-state index contributed by atoms with van der Waals surface area (Å²) < 4.78 is 39.0. The van der Waals surface area contributed by atoms with E-state index < -0.39 is 29.0 Å². The second-order valence-electron chi connectivity index (χ2n) is 3.75. The van der Waals surface area contributed by atoms with E-state index in [-0.39, 0.29) is 5.56 Å². The lowest BCUT2D eigenvalue weighted by atomic mass is 10.2. The maximum atomic E-state index is 13.3. The van der Waals surface area contributed by atoms with Crippen LogP contribution in [0.4, 0.5) is 18.9 Å². The van der Waals surface area contributed by atoms with Gasteiger partial charge in [0.05, 0.1) is 5.69 Å². The van der Waals surface area contributed by atoms with Crippen molar-refractivity contribution in [1.29, 1.82) is 0 Å². The monoisotopic (exact) mass is 283 g/mol. The van der Waals surface area contributed by atoms with Crippen molar-refractivity contribution in [1.82, 2.24) is 0 Å². The molecular weight excluding hydrogens is 275 g/mol. The summed E-state index contributed by atoms with van der Waals surface area (Å²) in [6, 6.07) is 7.10. The molecule has 1 N–H and O–H groups in total. The number of carbonyl (C=O) groups excluding carboxylic acids is 1. The lowest BCUT2D eigenvalue weighted by molar-refractivity contribution is 0.102. The first kappa shape index (κ1) is 13.5. The number of amides is 1. The van der Waals surface area contributed by atoms with E-state index in [4.69, 9.17) is 0 Å². The van der Waals surface area contributed by atoms with Gasteiger partial charge in [-0.1, -0.05) is 0 Å². The summed E-state index contributed by atoms with van der Waals surface area (Å²) in [6.45, 7) is 0. The summed E-state index contributed by atoms with van der Waals surface area (Å²) in [7, 11) is 0. The zero-order chi connectivity index (χ0) is 14.0. The second-order valence-corrected chi connectivity index (χ2v) is 4.26. The van der Waals surface area contributed by atoms with Gasteiger partial charge >= 0.3 is 0 Å². The molecule has 2 rings (SSSR count). The fourth-order valence-electron chi connectivity index (χ4n) is 1.43. The largest absolute Gasteiger partial charge is 0.319 e. The Bertz CT molecular complexity index is 629. The van der Waals surface area contributed by atoms with Gasteiger partial charge in [-0.2, -0.15) is 0 Å². The van der Waals surface area contributed by atoms with Crippen LogP contribution in [0.3, 0.4) is 0 Å². The quantitative estimate of drug-likeness (QED) is 0.639. The van der Waals surface area contributed by atoms with Gasteiger partial charge in [-0.25, -0.2) is 13.2 Å². The molecule has 0 saturated heterocycles. The van der Waals surface area contributed by atoms with Crippen molar-refractivity contribution in [3.63, 3.8) is 0 Å². The summed E-state index contributed by atoms with van der Waals surface area (Å²) in [5.74, 6) is -4.21. The number of benzene rings is 2. The molecule has 0 saturated carbocycles. The predicted molar refractivity (Wildman–Crippen MR) is 68.0 cm³/mol. The second kappa shape index (κ2) is 5.36. The normalized spacial score (nSPS) is 10.3. The SMILES string of the molecule is O=C(Nc1cc(F)c(F)cc1F)c1ccc(S)cc1. The molecule has 98 valence electrons. The van der Waals surface area contributed by atoms with Crippen LogP contribution in [0.2, 0.25) is 0 Å². The van der Waals surface area contributed by atoms with Crippen molar-refractivity contribution < 1.29 is 18.0 Å². The van der Waals surface area contributed by atoms with Crippen molar-refractivity contribution >= 4 is 24.2 Å². The third-order valence-corrected chi connectivity index (χ3v) is 2.69. The maximum Gasteiger partial charge on any atom is 0.255 e. The van der Waals surface area contributed by atoms with Crippen LogP contribution >= 0.6 is 12.6 Å². The molecule has 2 nitrogen and oxygen atoms in total. The first-order valence-corrected chi connectivity index (χ1v) is 5.67. The standard InChI is InChI=1S/C13H8F3NOS/c14-9-5-11(16)12(6-10(9)15)17-13(18)7-1-3-8(19)4-2-7/h1-6,19H,(H,17,18). The molecule has 0 spiro atoms. The highest BCUT2D eigenvalue weighted by Crippen LogP contribution is 2.19. The first-order valence-electron chi connectivity index (χ1n) is 5.22. The molecule has 0 atom stereocenters. The zero-order valence-electron chi connectivity index (χ0n) is 9.45. The van der Waals surface area contributed by atoms with Crippen LogP contribution in [-0.4, -0.2) is 5.91 Å². The Morgan fingerprint density at radius 1 is 0.947 bits per heavy atom. The summed E-state index contributed by atoms with van der Waals surface area (Å²) >= 11 is 4.06. The highest BCUT2D eigenvalue weighted by atomic mass is 32.1. The van der Waals surface area contributed by atoms with Crippen LogP contribution in [0, 0.1) is 17.5 Å². The van der Waals surface area contributed by atoms with E-state index >= 15 is 0 Å². The highest BCUT2D eigenvalue weighted by Gasteiger charge is 2.13. The van der Waals surface area contributed by atoms with Crippen LogP contribution < -0.4 is 5.32 Å². The minimum absolute atomic E-state index is 0.252. The van der Waals surface area contributed by atoms with Gasteiger partial charge in [-0.3, -0.25) is 4.79 Å². The number of carbonyl (C=O) groups is 1. The van der Waals surface area contributed by atoms with E-state index in [1.54, 1.807) is 12.1 Å². The predicted octanol–water partition coefficient (Wildman–Crippen LogP) is 3.64. The van der Waals surface area contributed by atoms with Crippen molar-refractivity contribution in [3.05, 3.63) is 59.4 Å². The van der Waals surface area contributed by atoms with Gasteiger partial charge in [0.15, 0.2) is 11.6 Å². The van der Waals surface area contributed by atoms with Gasteiger partial charge in [-0.15, -0.1) is 12.6 Å². The number of thiol groups is 1. The Balaban J connectivity index is 2.24. The molecule has 2 aromatic carbocycles. The van der Waals surface area contributed by atoms with Crippen molar-refractivity contribution in [2.45, 2.75) is 4.90 Å². The van der Waals surface area contributed by atoms with Gasteiger partial charge in [0.1, 0.15) is 5.82 Å². The molecule has 0 aliphatic heterocycles. The van der Waals surface area contributed by atoms with E-state index in [2.05, 4.69) is 17.9 Å². The van der Waals surface area contributed by atoms with E-state index in [1.807, 2.05) is 0 Å². The third-order valence-electron chi connectivity index (χ3n) is 2.39. The van der Waals surface area contributed by atoms with Crippen molar-refractivity contribution in [2.75, 3.05) is 5.32 Å². The molecule has 0 bridgehead atoms. The summed E-state index contributed by atoms with van der Waals surface area (Å²) in [5.41, 5.74) is -0.166. The van der Waals surface area contributed by atoms with E-state index in [1.165, 1.54) is 12.1 Å². The Morgan fingerprint density at radius 3 is 2.16 bits per heavy atom. The molecule has 6 heteroatoms. The van der Waals surface area contributed by atoms with Crippen molar-refractivity contribution in [2.24, 2.45) is 0 Å². The Hall–Kier alpha value is -1.95. The Labute approximate surface area is 112 Å². The average molecular weight is 283 g/mol. The minimum atomic E-state index is -1.31. The highest BCUT2D eigenvalue weighted by molar-refractivity contribution is 7.80. The molecule has 2 aromatic rings. The molecule has 0 unspecified atom stereocenters. The van der Waals surface area contributed by atoms with E-state index in [9.17, 15) is 18.0 Å². The van der Waals surface area contributed by atoms with Crippen LogP contribution in [0.25, 0.3) is 0 Å². The van der Waals surface area contributed by atoms with Crippen LogP contribution in [0.15, 0.2) is 41.3 Å². The topological polar surface area (TPSA) is 29.1 Å². The molecule has 0 aliphatic carbocycles. The molecule has 0 radical (unpaired) electrons. The Morgan fingerprint density at radius 2 is 1.53 bits per heavy atom. The van der Waals surface area contributed by atoms with Gasteiger partial charge < -0.3 is 5.32 Å². The van der Waals surface area contributed by atoms with Crippen LogP contribution in [0.5, 0.6) is 0 Å². The third kappa shape index (κ3) is 3.08. The molecule has 0 aliphatic rings. The molecule has 0 fully saturated rings. The van der Waals surface area contributed by atoms with Gasteiger partial charge in [0.25, 0.3) is 5.91 Å². The molecule has 0 heterocycles. The summed E-state index contributed by atoms with van der Waals surface area (Å²) in [4.78, 5) is 12.4. The summed E-state index contributed by atoms with van der Waals surface area (Å²) in [6.07, 6.45) is 0. The number of anilines is 1. The number of halogens is 3. The number of nitrogens with one attached hydrogen (secondary N) is 1. The Kier molecular flexibility index (Phi) is 3.80.